The first-order valence-corrected chi connectivity index (χ1v) is 6.90. The highest BCUT2D eigenvalue weighted by Crippen LogP contribution is 2.23. The van der Waals surface area contributed by atoms with Gasteiger partial charge in [-0.15, -0.1) is 12.4 Å². The summed E-state index contributed by atoms with van der Waals surface area (Å²) in [5.74, 6) is 0.647. The minimum atomic E-state index is -0.287. The van der Waals surface area contributed by atoms with Gasteiger partial charge in [-0.05, 0) is 56.5 Å². The molecule has 2 rings (SSSR count). The number of benzene rings is 1. The van der Waals surface area contributed by atoms with Gasteiger partial charge in [0.2, 0.25) is 0 Å². The van der Waals surface area contributed by atoms with Crippen molar-refractivity contribution in [3.63, 3.8) is 0 Å². The van der Waals surface area contributed by atoms with Crippen LogP contribution in [0.15, 0.2) is 18.2 Å². The highest BCUT2D eigenvalue weighted by atomic mass is 35.5. The molecular weight excluding hydrogens is 279 g/mol. The summed E-state index contributed by atoms with van der Waals surface area (Å²) in [5.41, 5.74) is 6.93. The molecule has 0 bridgehead atoms. The number of methoxy groups -OCH3 is 1. The summed E-state index contributed by atoms with van der Waals surface area (Å²) in [5, 5.41) is 0. The first-order chi connectivity index (χ1) is 9.10. The SMILES string of the molecule is COc1ccc(CN2CCC(C(C)N)CC2)cc1F.Cl. The molecule has 1 heterocycles. The Balaban J connectivity index is 0.00000200. The third-order valence-electron chi connectivity index (χ3n) is 4.00. The van der Waals surface area contributed by atoms with Crippen LogP contribution in [0.5, 0.6) is 5.75 Å². The molecule has 5 heteroatoms. The number of ether oxygens (including phenoxy) is 1. The van der Waals surface area contributed by atoms with E-state index >= 15 is 0 Å². The Bertz CT molecular complexity index is 420. The van der Waals surface area contributed by atoms with Gasteiger partial charge in [0.05, 0.1) is 7.11 Å². The molecule has 0 radical (unpaired) electrons. The summed E-state index contributed by atoms with van der Waals surface area (Å²) < 4.78 is 18.5. The van der Waals surface area contributed by atoms with E-state index in [1.54, 1.807) is 12.1 Å². The van der Waals surface area contributed by atoms with E-state index in [-0.39, 0.29) is 24.3 Å². The van der Waals surface area contributed by atoms with Crippen LogP contribution in [0, 0.1) is 11.7 Å². The molecule has 0 aromatic heterocycles. The van der Waals surface area contributed by atoms with Crippen molar-refractivity contribution in [2.45, 2.75) is 32.4 Å². The van der Waals surface area contributed by atoms with Crippen molar-refractivity contribution in [3.05, 3.63) is 29.6 Å². The molecule has 0 spiro atoms. The van der Waals surface area contributed by atoms with E-state index in [4.69, 9.17) is 10.5 Å². The van der Waals surface area contributed by atoms with Gasteiger partial charge in [-0.3, -0.25) is 4.90 Å². The Kier molecular flexibility index (Phi) is 6.72. The quantitative estimate of drug-likeness (QED) is 0.929. The second-order valence-corrected chi connectivity index (χ2v) is 5.44. The summed E-state index contributed by atoms with van der Waals surface area (Å²) >= 11 is 0. The Hall–Kier alpha value is -0.840. The molecule has 20 heavy (non-hydrogen) atoms. The van der Waals surface area contributed by atoms with Gasteiger partial charge in [-0.1, -0.05) is 6.07 Å². The van der Waals surface area contributed by atoms with Gasteiger partial charge in [0.15, 0.2) is 11.6 Å². The molecule has 1 atom stereocenters. The molecular formula is C15H24ClFN2O. The molecule has 1 unspecified atom stereocenters. The Morgan fingerprint density at radius 1 is 1.40 bits per heavy atom. The molecule has 1 fully saturated rings. The van der Waals surface area contributed by atoms with E-state index < -0.39 is 0 Å². The van der Waals surface area contributed by atoms with Gasteiger partial charge in [0.1, 0.15) is 0 Å². The molecule has 1 aliphatic rings. The van der Waals surface area contributed by atoms with Crippen molar-refractivity contribution >= 4 is 12.4 Å². The number of piperidine rings is 1. The average molecular weight is 303 g/mol. The number of likely N-dealkylation sites (tertiary alicyclic amines) is 1. The van der Waals surface area contributed by atoms with Crippen LogP contribution in [0.3, 0.4) is 0 Å². The lowest BCUT2D eigenvalue weighted by Crippen LogP contribution is -2.39. The van der Waals surface area contributed by atoms with E-state index in [0.29, 0.717) is 11.7 Å². The van der Waals surface area contributed by atoms with Crippen LogP contribution in [0.25, 0.3) is 0 Å². The number of hydrogen-bond acceptors (Lipinski definition) is 3. The van der Waals surface area contributed by atoms with Crippen molar-refractivity contribution in [2.75, 3.05) is 20.2 Å². The zero-order chi connectivity index (χ0) is 13.8. The molecule has 3 nitrogen and oxygen atoms in total. The summed E-state index contributed by atoms with van der Waals surface area (Å²) in [6.07, 6.45) is 2.27. The zero-order valence-electron chi connectivity index (χ0n) is 12.1. The van der Waals surface area contributed by atoms with Crippen molar-refractivity contribution < 1.29 is 9.13 Å². The van der Waals surface area contributed by atoms with E-state index in [1.165, 1.54) is 7.11 Å². The standard InChI is InChI=1S/C15H23FN2O.ClH/c1-11(17)13-5-7-18(8-6-13)10-12-3-4-15(19-2)14(16)9-12;/h3-4,9,11,13H,5-8,10,17H2,1-2H3;1H. The topological polar surface area (TPSA) is 38.5 Å². The van der Waals surface area contributed by atoms with Crippen LogP contribution >= 0.6 is 12.4 Å². The maximum Gasteiger partial charge on any atom is 0.165 e. The molecule has 2 N–H and O–H groups in total. The van der Waals surface area contributed by atoms with Gasteiger partial charge in [-0.2, -0.15) is 0 Å². The fourth-order valence-electron chi connectivity index (χ4n) is 2.70. The summed E-state index contributed by atoms with van der Waals surface area (Å²) in [4.78, 5) is 2.36. The molecule has 1 aromatic carbocycles. The molecule has 1 aliphatic heterocycles. The van der Waals surface area contributed by atoms with Crippen molar-refractivity contribution in [3.8, 4) is 5.75 Å². The molecule has 0 amide bonds. The normalized spacial score (nSPS) is 18.4. The lowest BCUT2D eigenvalue weighted by Gasteiger charge is -2.33. The number of hydrogen-bond donors (Lipinski definition) is 1. The fraction of sp³-hybridized carbons (Fsp3) is 0.600. The van der Waals surface area contributed by atoms with Crippen LogP contribution in [0.1, 0.15) is 25.3 Å². The van der Waals surface area contributed by atoms with E-state index in [9.17, 15) is 4.39 Å². The Morgan fingerprint density at radius 3 is 2.55 bits per heavy atom. The van der Waals surface area contributed by atoms with Gasteiger partial charge in [0.25, 0.3) is 0 Å². The van der Waals surface area contributed by atoms with Crippen LogP contribution in [0.4, 0.5) is 4.39 Å². The summed E-state index contributed by atoms with van der Waals surface area (Å²) in [6, 6.07) is 5.47. The number of halogens is 2. The molecule has 0 saturated carbocycles. The lowest BCUT2D eigenvalue weighted by molar-refractivity contribution is 0.165. The van der Waals surface area contributed by atoms with Gasteiger partial charge >= 0.3 is 0 Å². The van der Waals surface area contributed by atoms with Gasteiger partial charge < -0.3 is 10.5 Å². The van der Waals surface area contributed by atoms with Crippen LogP contribution < -0.4 is 10.5 Å². The van der Waals surface area contributed by atoms with Crippen LogP contribution in [-0.4, -0.2) is 31.1 Å². The first-order valence-electron chi connectivity index (χ1n) is 6.90. The maximum atomic E-state index is 13.6. The number of nitrogens with two attached hydrogens (primary N) is 1. The van der Waals surface area contributed by atoms with Crippen LogP contribution in [0.2, 0.25) is 0 Å². The Labute approximate surface area is 126 Å². The highest BCUT2D eigenvalue weighted by Gasteiger charge is 2.21. The second kappa shape index (κ2) is 7.81. The lowest BCUT2D eigenvalue weighted by atomic mass is 9.91. The third kappa shape index (κ3) is 4.33. The van der Waals surface area contributed by atoms with Crippen molar-refractivity contribution in [2.24, 2.45) is 11.7 Å². The average Bonchev–Trinajstić information content (AvgIpc) is 2.39. The monoisotopic (exact) mass is 302 g/mol. The van der Waals surface area contributed by atoms with Crippen LogP contribution in [-0.2, 0) is 6.54 Å². The maximum absolute atomic E-state index is 13.6. The third-order valence-corrected chi connectivity index (χ3v) is 4.00. The zero-order valence-corrected chi connectivity index (χ0v) is 13.0. The Morgan fingerprint density at radius 2 is 2.05 bits per heavy atom. The van der Waals surface area contributed by atoms with Crippen molar-refractivity contribution in [1.82, 2.24) is 4.90 Å². The largest absolute Gasteiger partial charge is 0.494 e. The molecule has 114 valence electrons. The first kappa shape index (κ1) is 17.2. The van der Waals surface area contributed by atoms with E-state index in [0.717, 1.165) is 38.0 Å². The minimum Gasteiger partial charge on any atom is -0.494 e. The molecule has 1 aromatic rings. The van der Waals surface area contributed by atoms with E-state index in [1.807, 2.05) is 6.07 Å². The van der Waals surface area contributed by atoms with E-state index in [2.05, 4.69) is 11.8 Å². The smallest absolute Gasteiger partial charge is 0.165 e. The predicted molar refractivity (Wildman–Crippen MR) is 81.9 cm³/mol. The minimum absolute atomic E-state index is 0. The summed E-state index contributed by atoms with van der Waals surface area (Å²) in [7, 11) is 1.48. The molecule has 0 aliphatic carbocycles. The highest BCUT2D eigenvalue weighted by molar-refractivity contribution is 5.85. The molecule has 1 saturated heterocycles. The summed E-state index contributed by atoms with van der Waals surface area (Å²) in [6.45, 7) is 4.96. The number of rotatable bonds is 4. The van der Waals surface area contributed by atoms with Crippen molar-refractivity contribution in [1.29, 1.82) is 0 Å². The predicted octanol–water partition coefficient (Wildman–Crippen LogP) is 2.82. The van der Waals surface area contributed by atoms with Gasteiger partial charge in [0, 0.05) is 12.6 Å². The fourth-order valence-corrected chi connectivity index (χ4v) is 2.70. The second-order valence-electron chi connectivity index (χ2n) is 5.44. The van der Waals surface area contributed by atoms with Gasteiger partial charge in [-0.25, -0.2) is 4.39 Å². The number of nitrogens with zero attached hydrogens (tertiary/aromatic N) is 1.